The highest BCUT2D eigenvalue weighted by molar-refractivity contribution is 6.31. The summed E-state index contributed by atoms with van der Waals surface area (Å²) >= 11 is 6.26. The van der Waals surface area contributed by atoms with Gasteiger partial charge < -0.3 is 5.73 Å². The average Bonchev–Trinajstić information content (AvgIpc) is 2.84. The summed E-state index contributed by atoms with van der Waals surface area (Å²) in [6.45, 7) is 8.45. The predicted octanol–water partition coefficient (Wildman–Crippen LogP) is 3.77. The fourth-order valence-electron chi connectivity index (χ4n) is 3.20. The Bertz CT molecular complexity index is 431. The van der Waals surface area contributed by atoms with Gasteiger partial charge in [-0.25, -0.2) is 0 Å². The van der Waals surface area contributed by atoms with Crippen molar-refractivity contribution in [3.63, 3.8) is 0 Å². The quantitative estimate of drug-likeness (QED) is 0.910. The van der Waals surface area contributed by atoms with Crippen LogP contribution < -0.4 is 5.73 Å². The Morgan fingerprint density at radius 3 is 2.74 bits per heavy atom. The van der Waals surface area contributed by atoms with Crippen LogP contribution in [0.1, 0.15) is 43.9 Å². The Labute approximate surface area is 121 Å². The number of rotatable bonds is 4. The monoisotopic (exact) mass is 280 g/mol. The molecule has 19 heavy (non-hydrogen) atoms. The van der Waals surface area contributed by atoms with E-state index in [2.05, 4.69) is 36.9 Å². The summed E-state index contributed by atoms with van der Waals surface area (Å²) < 4.78 is 0. The summed E-state index contributed by atoms with van der Waals surface area (Å²) in [6.07, 6.45) is 2.56. The van der Waals surface area contributed by atoms with Crippen molar-refractivity contribution in [1.82, 2.24) is 4.90 Å². The van der Waals surface area contributed by atoms with Gasteiger partial charge in [0.15, 0.2) is 0 Å². The molecule has 3 heteroatoms. The number of hydrogen-bond acceptors (Lipinski definition) is 2. The fraction of sp³-hybridized carbons (Fsp3) is 0.625. The van der Waals surface area contributed by atoms with Gasteiger partial charge in [-0.15, -0.1) is 0 Å². The van der Waals surface area contributed by atoms with Crippen molar-refractivity contribution < 1.29 is 0 Å². The molecular formula is C16H25ClN2. The van der Waals surface area contributed by atoms with Gasteiger partial charge in [0.25, 0.3) is 0 Å². The van der Waals surface area contributed by atoms with Crippen molar-refractivity contribution in [1.29, 1.82) is 0 Å². The molecule has 1 aromatic carbocycles. The first-order valence-electron chi connectivity index (χ1n) is 7.26. The summed E-state index contributed by atoms with van der Waals surface area (Å²) in [4.78, 5) is 2.58. The number of nitrogens with two attached hydrogens (primary N) is 1. The standard InChI is InChI=1S/C16H25ClN2/c1-11(2)15-5-4-8-19(15)16(10-18)13-7-6-12(3)14(17)9-13/h6-7,9,11,15-16H,4-5,8,10,18H2,1-3H3. The van der Waals surface area contributed by atoms with Crippen LogP contribution in [0, 0.1) is 12.8 Å². The molecule has 1 saturated heterocycles. The molecule has 0 amide bonds. The van der Waals surface area contributed by atoms with Crippen LogP contribution in [-0.4, -0.2) is 24.0 Å². The second-order valence-electron chi connectivity index (χ2n) is 5.95. The third kappa shape index (κ3) is 3.13. The van der Waals surface area contributed by atoms with Crippen LogP contribution in [0.2, 0.25) is 5.02 Å². The minimum Gasteiger partial charge on any atom is -0.329 e. The fourth-order valence-corrected chi connectivity index (χ4v) is 3.39. The van der Waals surface area contributed by atoms with E-state index in [9.17, 15) is 0 Å². The zero-order valence-electron chi connectivity index (χ0n) is 12.2. The van der Waals surface area contributed by atoms with Crippen LogP contribution in [-0.2, 0) is 0 Å². The van der Waals surface area contributed by atoms with Crippen LogP contribution >= 0.6 is 11.6 Å². The van der Waals surface area contributed by atoms with E-state index in [1.807, 2.05) is 6.92 Å². The van der Waals surface area contributed by atoms with Crippen LogP contribution in [0.15, 0.2) is 18.2 Å². The van der Waals surface area contributed by atoms with Crippen LogP contribution in [0.25, 0.3) is 0 Å². The molecule has 0 aromatic heterocycles. The van der Waals surface area contributed by atoms with Gasteiger partial charge in [-0.2, -0.15) is 0 Å². The van der Waals surface area contributed by atoms with Crippen LogP contribution in [0.5, 0.6) is 0 Å². The first-order valence-corrected chi connectivity index (χ1v) is 7.64. The maximum absolute atomic E-state index is 6.26. The minimum atomic E-state index is 0.299. The molecule has 1 aliphatic rings. The SMILES string of the molecule is Cc1ccc(C(CN)N2CCCC2C(C)C)cc1Cl. The minimum absolute atomic E-state index is 0.299. The molecule has 1 aromatic rings. The molecule has 2 unspecified atom stereocenters. The van der Waals surface area contributed by atoms with E-state index in [1.165, 1.54) is 18.4 Å². The summed E-state index contributed by atoms with van der Waals surface area (Å²) in [5.74, 6) is 0.678. The number of nitrogens with zero attached hydrogens (tertiary/aromatic N) is 1. The van der Waals surface area contributed by atoms with E-state index in [4.69, 9.17) is 17.3 Å². The van der Waals surface area contributed by atoms with E-state index in [-0.39, 0.29) is 0 Å². The van der Waals surface area contributed by atoms with Gasteiger partial charge in [0.2, 0.25) is 0 Å². The van der Waals surface area contributed by atoms with Gasteiger partial charge in [0, 0.05) is 23.7 Å². The van der Waals surface area contributed by atoms with E-state index in [0.717, 1.165) is 17.1 Å². The maximum Gasteiger partial charge on any atom is 0.0474 e. The van der Waals surface area contributed by atoms with E-state index in [1.54, 1.807) is 0 Å². The van der Waals surface area contributed by atoms with Gasteiger partial charge >= 0.3 is 0 Å². The van der Waals surface area contributed by atoms with Crippen LogP contribution in [0.3, 0.4) is 0 Å². The largest absolute Gasteiger partial charge is 0.329 e. The lowest BCUT2D eigenvalue weighted by molar-refractivity contribution is 0.149. The number of halogens is 1. The normalized spacial score (nSPS) is 22.1. The molecule has 2 nitrogen and oxygen atoms in total. The smallest absolute Gasteiger partial charge is 0.0474 e. The highest BCUT2D eigenvalue weighted by Gasteiger charge is 2.32. The highest BCUT2D eigenvalue weighted by Crippen LogP contribution is 2.33. The van der Waals surface area contributed by atoms with E-state index in [0.29, 0.717) is 24.5 Å². The molecule has 1 heterocycles. The molecular weight excluding hydrogens is 256 g/mol. The average molecular weight is 281 g/mol. The molecule has 0 radical (unpaired) electrons. The maximum atomic E-state index is 6.26. The lowest BCUT2D eigenvalue weighted by atomic mass is 9.98. The van der Waals surface area contributed by atoms with Gasteiger partial charge in [0.05, 0.1) is 0 Å². The van der Waals surface area contributed by atoms with Gasteiger partial charge in [-0.1, -0.05) is 37.6 Å². The Morgan fingerprint density at radius 2 is 2.16 bits per heavy atom. The van der Waals surface area contributed by atoms with Crippen molar-refractivity contribution >= 4 is 11.6 Å². The van der Waals surface area contributed by atoms with Crippen molar-refractivity contribution in [3.05, 3.63) is 34.3 Å². The summed E-state index contributed by atoms with van der Waals surface area (Å²) in [6, 6.07) is 7.31. The van der Waals surface area contributed by atoms with Crippen molar-refractivity contribution in [2.45, 2.75) is 45.7 Å². The van der Waals surface area contributed by atoms with Gasteiger partial charge in [-0.05, 0) is 49.4 Å². The Hall–Kier alpha value is -0.570. The van der Waals surface area contributed by atoms with Crippen molar-refractivity contribution in [2.24, 2.45) is 11.7 Å². The third-order valence-corrected chi connectivity index (χ3v) is 4.72. The summed E-state index contributed by atoms with van der Waals surface area (Å²) in [5, 5.41) is 0.844. The zero-order chi connectivity index (χ0) is 14.0. The summed E-state index contributed by atoms with van der Waals surface area (Å²) in [5.41, 5.74) is 8.43. The highest BCUT2D eigenvalue weighted by atomic mass is 35.5. The number of benzene rings is 1. The van der Waals surface area contributed by atoms with E-state index >= 15 is 0 Å². The molecule has 106 valence electrons. The Kier molecular flexibility index (Phi) is 4.88. The molecule has 2 atom stereocenters. The first-order chi connectivity index (χ1) is 9.04. The summed E-state index contributed by atoms with van der Waals surface area (Å²) in [7, 11) is 0. The van der Waals surface area contributed by atoms with Crippen molar-refractivity contribution in [3.8, 4) is 0 Å². The lowest BCUT2D eigenvalue weighted by Gasteiger charge is -2.35. The van der Waals surface area contributed by atoms with Crippen molar-refractivity contribution in [2.75, 3.05) is 13.1 Å². The molecule has 2 rings (SSSR count). The molecule has 2 N–H and O–H groups in total. The van der Waals surface area contributed by atoms with E-state index < -0.39 is 0 Å². The Morgan fingerprint density at radius 1 is 1.42 bits per heavy atom. The molecule has 0 aliphatic carbocycles. The molecule has 1 fully saturated rings. The first kappa shape index (κ1) is 14.8. The van der Waals surface area contributed by atoms with Gasteiger partial charge in [-0.3, -0.25) is 4.90 Å². The number of aryl methyl sites for hydroxylation is 1. The molecule has 0 bridgehead atoms. The molecule has 0 spiro atoms. The second kappa shape index (κ2) is 6.25. The predicted molar refractivity (Wildman–Crippen MR) is 82.6 cm³/mol. The number of likely N-dealkylation sites (tertiary alicyclic amines) is 1. The number of hydrogen-bond donors (Lipinski definition) is 1. The zero-order valence-corrected chi connectivity index (χ0v) is 13.0. The third-order valence-electron chi connectivity index (χ3n) is 4.32. The molecule has 1 aliphatic heterocycles. The van der Waals surface area contributed by atoms with Crippen LogP contribution in [0.4, 0.5) is 0 Å². The second-order valence-corrected chi connectivity index (χ2v) is 6.36. The topological polar surface area (TPSA) is 29.3 Å². The Balaban J connectivity index is 2.26. The molecule has 0 saturated carbocycles. The lowest BCUT2D eigenvalue weighted by Crippen LogP contribution is -2.39. The van der Waals surface area contributed by atoms with Gasteiger partial charge in [0.1, 0.15) is 0 Å².